The molecule has 2 aromatic heterocycles. The van der Waals surface area contributed by atoms with E-state index in [1.54, 1.807) is 29.1 Å². The molecule has 0 saturated heterocycles. The summed E-state index contributed by atoms with van der Waals surface area (Å²) in [6.07, 6.45) is 1.59. The van der Waals surface area contributed by atoms with Gasteiger partial charge in [0.15, 0.2) is 0 Å². The highest BCUT2D eigenvalue weighted by Crippen LogP contribution is 2.15. The Morgan fingerprint density at radius 2 is 2.28 bits per heavy atom. The smallest absolute Gasteiger partial charge is 0.275 e. The van der Waals surface area contributed by atoms with Crippen molar-refractivity contribution in [3.8, 4) is 0 Å². The van der Waals surface area contributed by atoms with Crippen LogP contribution < -0.4 is 11.1 Å². The van der Waals surface area contributed by atoms with Gasteiger partial charge in [0.2, 0.25) is 0 Å². The number of nitrogen functional groups attached to an aromatic ring is 1. The van der Waals surface area contributed by atoms with Crippen molar-refractivity contribution < 1.29 is 4.79 Å². The third-order valence-corrected chi connectivity index (χ3v) is 3.28. The number of anilines is 2. The third kappa shape index (κ3) is 2.61. The largest absolute Gasteiger partial charge is 0.383 e. The van der Waals surface area contributed by atoms with Crippen LogP contribution in [0.2, 0.25) is 0 Å². The van der Waals surface area contributed by atoms with E-state index in [2.05, 4.69) is 38.0 Å². The van der Waals surface area contributed by atoms with E-state index in [-0.39, 0.29) is 5.91 Å². The Kier molecular flexibility index (Phi) is 3.80. The molecular weight excluding hydrogens is 345 g/mol. The molecule has 2 heterocycles. The summed E-state index contributed by atoms with van der Waals surface area (Å²) in [5.74, 6) is 0.585. The average molecular weight is 357 g/mol. The maximum atomic E-state index is 12.0. The number of nitrogens with one attached hydrogen (secondary N) is 1. The fraction of sp³-hybridized carbons (Fsp3) is 0.182. The normalized spacial score (nSPS) is 10.3. The molecule has 1 amide bonds. The number of hydrogen-bond acceptors (Lipinski definition) is 4. The molecule has 0 fully saturated rings. The van der Waals surface area contributed by atoms with Gasteiger partial charge < -0.3 is 11.1 Å². The third-order valence-electron chi connectivity index (χ3n) is 2.36. The minimum absolute atomic E-state index is 0.248. The minimum Gasteiger partial charge on any atom is -0.383 e. The van der Waals surface area contributed by atoms with Gasteiger partial charge in [-0.2, -0.15) is 5.10 Å². The van der Waals surface area contributed by atoms with Crippen LogP contribution in [0.4, 0.5) is 11.6 Å². The molecule has 3 N–H and O–H groups in total. The van der Waals surface area contributed by atoms with Crippen LogP contribution in [0.25, 0.3) is 0 Å². The molecular formula is C11H12IN5O. The molecule has 6 nitrogen and oxygen atoms in total. The molecule has 0 atom stereocenters. The van der Waals surface area contributed by atoms with E-state index in [0.29, 0.717) is 23.9 Å². The second-order valence-corrected chi connectivity index (χ2v) is 4.71. The molecule has 0 aliphatic rings. The van der Waals surface area contributed by atoms with E-state index in [4.69, 9.17) is 5.73 Å². The number of amides is 1. The summed E-state index contributed by atoms with van der Waals surface area (Å²) in [6.45, 7) is 2.56. The SMILES string of the molecule is CCn1nccc1C(=O)Nc1ccc(I)c(N)n1. The van der Waals surface area contributed by atoms with E-state index in [9.17, 15) is 4.79 Å². The first-order chi connectivity index (χ1) is 8.61. The molecule has 0 aliphatic carbocycles. The summed E-state index contributed by atoms with van der Waals surface area (Å²) in [5, 5.41) is 6.73. The first-order valence-corrected chi connectivity index (χ1v) is 6.45. The standard InChI is InChI=1S/C11H12IN5O/c1-2-17-8(5-6-14-17)11(18)16-9-4-3-7(12)10(13)15-9/h3-6H,2H2,1H3,(H3,13,15,16,18). The van der Waals surface area contributed by atoms with Gasteiger partial charge in [-0.3, -0.25) is 9.48 Å². The van der Waals surface area contributed by atoms with E-state index in [0.717, 1.165) is 3.57 Å². The number of nitrogens with zero attached hydrogens (tertiary/aromatic N) is 3. The molecule has 2 rings (SSSR count). The lowest BCUT2D eigenvalue weighted by Gasteiger charge is -2.07. The van der Waals surface area contributed by atoms with Crippen molar-refractivity contribution in [2.45, 2.75) is 13.5 Å². The van der Waals surface area contributed by atoms with Gasteiger partial charge in [0.25, 0.3) is 5.91 Å². The summed E-state index contributed by atoms with van der Waals surface area (Å²) in [6, 6.07) is 5.17. The lowest BCUT2D eigenvalue weighted by atomic mass is 10.3. The maximum absolute atomic E-state index is 12.0. The van der Waals surface area contributed by atoms with E-state index >= 15 is 0 Å². The number of halogens is 1. The van der Waals surface area contributed by atoms with Crippen LogP contribution in [0.5, 0.6) is 0 Å². The fourth-order valence-corrected chi connectivity index (χ4v) is 1.79. The number of nitrogens with two attached hydrogens (primary N) is 1. The number of carbonyl (C=O) groups is 1. The zero-order valence-electron chi connectivity index (χ0n) is 9.72. The lowest BCUT2D eigenvalue weighted by molar-refractivity contribution is 0.101. The summed E-state index contributed by atoms with van der Waals surface area (Å²) < 4.78 is 2.47. The van der Waals surface area contributed by atoms with Crippen LogP contribution in [0, 0.1) is 3.57 Å². The predicted octanol–water partition coefficient (Wildman–Crippen LogP) is 1.74. The first-order valence-electron chi connectivity index (χ1n) is 5.37. The van der Waals surface area contributed by atoms with Gasteiger partial charge in [-0.1, -0.05) is 0 Å². The quantitative estimate of drug-likeness (QED) is 0.820. The number of aromatic nitrogens is 3. The number of hydrogen-bond donors (Lipinski definition) is 2. The predicted molar refractivity (Wildman–Crippen MR) is 77.2 cm³/mol. The molecule has 7 heteroatoms. The zero-order chi connectivity index (χ0) is 13.1. The molecule has 0 aromatic carbocycles. The Morgan fingerprint density at radius 1 is 1.50 bits per heavy atom. The Labute approximate surface area is 118 Å². The molecule has 0 saturated carbocycles. The highest BCUT2D eigenvalue weighted by atomic mass is 127. The van der Waals surface area contributed by atoms with E-state index in [1.165, 1.54) is 0 Å². The monoisotopic (exact) mass is 357 g/mol. The minimum atomic E-state index is -0.248. The van der Waals surface area contributed by atoms with Crippen molar-refractivity contribution >= 4 is 40.1 Å². The molecule has 2 aromatic rings. The van der Waals surface area contributed by atoms with Crippen LogP contribution in [0.1, 0.15) is 17.4 Å². The van der Waals surface area contributed by atoms with Gasteiger partial charge in [0.1, 0.15) is 17.3 Å². The Morgan fingerprint density at radius 3 is 2.94 bits per heavy atom. The number of pyridine rings is 1. The van der Waals surface area contributed by atoms with Gasteiger partial charge in [-0.15, -0.1) is 0 Å². The van der Waals surface area contributed by atoms with Gasteiger partial charge in [-0.05, 0) is 47.7 Å². The van der Waals surface area contributed by atoms with Crippen molar-refractivity contribution in [3.05, 3.63) is 33.7 Å². The van der Waals surface area contributed by atoms with Gasteiger partial charge in [-0.25, -0.2) is 4.98 Å². The van der Waals surface area contributed by atoms with Crippen LogP contribution in [0.15, 0.2) is 24.4 Å². The average Bonchev–Trinajstić information content (AvgIpc) is 2.82. The maximum Gasteiger partial charge on any atom is 0.275 e. The Hall–Kier alpha value is -1.64. The molecule has 0 bridgehead atoms. The number of rotatable bonds is 3. The summed E-state index contributed by atoms with van der Waals surface area (Å²) >= 11 is 2.08. The van der Waals surface area contributed by atoms with Crippen molar-refractivity contribution in [1.29, 1.82) is 0 Å². The Bertz CT molecular complexity index is 581. The van der Waals surface area contributed by atoms with Crippen molar-refractivity contribution in [3.63, 3.8) is 0 Å². The summed E-state index contributed by atoms with van der Waals surface area (Å²) in [7, 11) is 0. The lowest BCUT2D eigenvalue weighted by Crippen LogP contribution is -2.18. The molecule has 94 valence electrons. The number of carbonyl (C=O) groups excluding carboxylic acids is 1. The second-order valence-electron chi connectivity index (χ2n) is 3.55. The van der Waals surface area contributed by atoms with Crippen molar-refractivity contribution in [1.82, 2.24) is 14.8 Å². The molecule has 0 aliphatic heterocycles. The topological polar surface area (TPSA) is 85.8 Å². The summed E-state index contributed by atoms with van der Waals surface area (Å²) in [4.78, 5) is 16.1. The van der Waals surface area contributed by atoms with Crippen molar-refractivity contribution in [2.24, 2.45) is 0 Å². The van der Waals surface area contributed by atoms with E-state index < -0.39 is 0 Å². The van der Waals surface area contributed by atoms with Crippen LogP contribution in [-0.2, 0) is 6.54 Å². The fourth-order valence-electron chi connectivity index (χ4n) is 1.49. The summed E-state index contributed by atoms with van der Waals surface area (Å²) in [5.41, 5.74) is 6.18. The molecule has 0 radical (unpaired) electrons. The van der Waals surface area contributed by atoms with Gasteiger partial charge in [0.05, 0.1) is 3.57 Å². The zero-order valence-corrected chi connectivity index (χ0v) is 11.9. The molecule has 0 spiro atoms. The first kappa shape index (κ1) is 12.8. The second kappa shape index (κ2) is 5.34. The van der Waals surface area contributed by atoms with Crippen molar-refractivity contribution in [2.75, 3.05) is 11.1 Å². The Balaban J connectivity index is 2.19. The van der Waals surface area contributed by atoms with Crippen LogP contribution >= 0.6 is 22.6 Å². The van der Waals surface area contributed by atoms with Crippen LogP contribution in [0.3, 0.4) is 0 Å². The molecule has 18 heavy (non-hydrogen) atoms. The van der Waals surface area contributed by atoms with Gasteiger partial charge >= 0.3 is 0 Å². The molecule has 0 unspecified atom stereocenters. The highest BCUT2D eigenvalue weighted by Gasteiger charge is 2.12. The van der Waals surface area contributed by atoms with Gasteiger partial charge in [0, 0.05) is 12.7 Å². The number of aryl methyl sites for hydroxylation is 1. The highest BCUT2D eigenvalue weighted by molar-refractivity contribution is 14.1. The van der Waals surface area contributed by atoms with Crippen LogP contribution in [-0.4, -0.2) is 20.7 Å². The van der Waals surface area contributed by atoms with E-state index in [1.807, 2.05) is 6.92 Å².